The lowest BCUT2D eigenvalue weighted by Gasteiger charge is -2.30. The summed E-state index contributed by atoms with van der Waals surface area (Å²) in [6.07, 6.45) is 1.85. The molecule has 1 aliphatic heterocycles. The first-order valence-electron chi connectivity index (χ1n) is 7.52. The van der Waals surface area contributed by atoms with E-state index in [2.05, 4.69) is 0 Å². The molecule has 22 heavy (non-hydrogen) atoms. The molecule has 0 unspecified atom stereocenters. The summed E-state index contributed by atoms with van der Waals surface area (Å²) >= 11 is 0. The molecule has 114 valence electrons. The Bertz CT molecular complexity index is 697. The summed E-state index contributed by atoms with van der Waals surface area (Å²) < 4.78 is 5.62. The summed E-state index contributed by atoms with van der Waals surface area (Å²) in [6.45, 7) is 2.75. The number of fused-ring (bicyclic) bond motifs is 1. The molecular formula is C18H20N2O2. The zero-order chi connectivity index (χ0) is 15.5. The van der Waals surface area contributed by atoms with E-state index in [4.69, 9.17) is 10.5 Å². The van der Waals surface area contributed by atoms with Gasteiger partial charge in [0.1, 0.15) is 5.75 Å². The quantitative estimate of drug-likeness (QED) is 0.886. The fourth-order valence-corrected chi connectivity index (χ4v) is 2.84. The third-order valence-electron chi connectivity index (χ3n) is 3.94. The van der Waals surface area contributed by atoms with Crippen LogP contribution in [0.2, 0.25) is 0 Å². The van der Waals surface area contributed by atoms with Crippen molar-refractivity contribution < 1.29 is 9.53 Å². The van der Waals surface area contributed by atoms with Crippen LogP contribution < -0.4 is 15.4 Å². The first kappa shape index (κ1) is 14.4. The van der Waals surface area contributed by atoms with Crippen LogP contribution in [0.3, 0.4) is 0 Å². The van der Waals surface area contributed by atoms with Crippen molar-refractivity contribution in [2.24, 2.45) is 0 Å². The van der Waals surface area contributed by atoms with Crippen molar-refractivity contribution in [3.8, 4) is 5.75 Å². The number of aryl methyl sites for hydroxylation is 1. The molecule has 1 aliphatic rings. The molecule has 0 saturated heterocycles. The van der Waals surface area contributed by atoms with Crippen molar-refractivity contribution in [1.29, 1.82) is 0 Å². The zero-order valence-electron chi connectivity index (χ0n) is 12.7. The Hall–Kier alpha value is -2.49. The van der Waals surface area contributed by atoms with E-state index in [0.29, 0.717) is 6.54 Å². The van der Waals surface area contributed by atoms with E-state index < -0.39 is 0 Å². The van der Waals surface area contributed by atoms with Crippen LogP contribution in [-0.2, 0) is 11.2 Å². The Morgan fingerprint density at radius 1 is 1.27 bits per heavy atom. The molecule has 0 aliphatic carbocycles. The number of hydrogen-bond acceptors (Lipinski definition) is 3. The average Bonchev–Trinajstić information content (AvgIpc) is 2.53. The fraction of sp³-hybridized carbons (Fsp3) is 0.278. The van der Waals surface area contributed by atoms with Crippen molar-refractivity contribution in [3.63, 3.8) is 0 Å². The highest BCUT2D eigenvalue weighted by molar-refractivity contribution is 5.96. The number of ether oxygens (including phenoxy) is 1. The van der Waals surface area contributed by atoms with E-state index in [1.54, 1.807) is 4.90 Å². The van der Waals surface area contributed by atoms with Crippen LogP contribution in [0, 0.1) is 6.92 Å². The SMILES string of the molecule is Cc1cccc(OCC(=O)N2CCCc3c(N)cccc32)c1. The van der Waals surface area contributed by atoms with Gasteiger partial charge in [0, 0.05) is 17.9 Å². The van der Waals surface area contributed by atoms with Gasteiger partial charge < -0.3 is 15.4 Å². The van der Waals surface area contributed by atoms with Crippen LogP contribution in [0.5, 0.6) is 5.75 Å². The monoisotopic (exact) mass is 296 g/mol. The van der Waals surface area contributed by atoms with Gasteiger partial charge in [-0.25, -0.2) is 0 Å². The molecule has 2 N–H and O–H groups in total. The molecule has 4 heteroatoms. The molecule has 4 nitrogen and oxygen atoms in total. The van der Waals surface area contributed by atoms with E-state index >= 15 is 0 Å². The van der Waals surface area contributed by atoms with Crippen LogP contribution in [-0.4, -0.2) is 19.1 Å². The predicted molar refractivity (Wildman–Crippen MR) is 88.2 cm³/mol. The number of rotatable bonds is 3. The molecule has 0 fully saturated rings. The number of anilines is 2. The van der Waals surface area contributed by atoms with E-state index in [0.717, 1.165) is 41.1 Å². The second-order valence-electron chi connectivity index (χ2n) is 5.60. The van der Waals surface area contributed by atoms with Gasteiger partial charge in [-0.15, -0.1) is 0 Å². The van der Waals surface area contributed by atoms with Gasteiger partial charge in [0.05, 0.1) is 0 Å². The van der Waals surface area contributed by atoms with Crippen LogP contribution in [0.1, 0.15) is 17.5 Å². The molecule has 3 rings (SSSR count). The topological polar surface area (TPSA) is 55.6 Å². The van der Waals surface area contributed by atoms with Gasteiger partial charge in [-0.2, -0.15) is 0 Å². The third kappa shape index (κ3) is 2.91. The van der Waals surface area contributed by atoms with Crippen LogP contribution in [0.15, 0.2) is 42.5 Å². The molecule has 0 saturated carbocycles. The minimum atomic E-state index is -0.0342. The van der Waals surface area contributed by atoms with Gasteiger partial charge >= 0.3 is 0 Å². The molecule has 1 amide bonds. The van der Waals surface area contributed by atoms with Gasteiger partial charge in [-0.3, -0.25) is 4.79 Å². The summed E-state index contributed by atoms with van der Waals surface area (Å²) in [7, 11) is 0. The van der Waals surface area contributed by atoms with E-state index in [-0.39, 0.29) is 12.5 Å². The third-order valence-corrected chi connectivity index (χ3v) is 3.94. The number of amides is 1. The van der Waals surface area contributed by atoms with Crippen molar-refractivity contribution in [1.82, 2.24) is 0 Å². The largest absolute Gasteiger partial charge is 0.484 e. The molecule has 2 aromatic carbocycles. The fourth-order valence-electron chi connectivity index (χ4n) is 2.84. The standard InChI is InChI=1S/C18H20N2O2/c1-13-5-2-6-14(11-13)22-12-18(21)20-10-4-7-15-16(19)8-3-9-17(15)20/h2-3,5-6,8-9,11H,4,7,10,12,19H2,1H3. The predicted octanol–water partition coefficient (Wildman–Crippen LogP) is 2.94. The maximum atomic E-state index is 12.5. The van der Waals surface area contributed by atoms with Crippen molar-refractivity contribution in [2.45, 2.75) is 19.8 Å². The molecule has 1 heterocycles. The number of nitrogens with two attached hydrogens (primary N) is 1. The van der Waals surface area contributed by atoms with Gasteiger partial charge in [0.25, 0.3) is 5.91 Å². The number of nitrogen functional groups attached to an aromatic ring is 1. The summed E-state index contributed by atoms with van der Waals surface area (Å²) in [5.41, 5.74) is 9.87. The van der Waals surface area contributed by atoms with Gasteiger partial charge in [-0.05, 0) is 55.2 Å². The van der Waals surface area contributed by atoms with Crippen molar-refractivity contribution in [3.05, 3.63) is 53.6 Å². The number of hydrogen-bond donors (Lipinski definition) is 1. The Morgan fingerprint density at radius 2 is 2.09 bits per heavy atom. The van der Waals surface area contributed by atoms with Gasteiger partial charge in [0.15, 0.2) is 6.61 Å². The molecule has 0 bridgehead atoms. The second kappa shape index (κ2) is 6.10. The molecular weight excluding hydrogens is 276 g/mol. The summed E-state index contributed by atoms with van der Waals surface area (Å²) in [6, 6.07) is 13.4. The van der Waals surface area contributed by atoms with Crippen LogP contribution in [0.25, 0.3) is 0 Å². The lowest BCUT2D eigenvalue weighted by atomic mass is 10.00. The molecule has 0 radical (unpaired) electrons. The number of nitrogens with zero attached hydrogens (tertiary/aromatic N) is 1. The molecule has 2 aromatic rings. The van der Waals surface area contributed by atoms with Gasteiger partial charge in [-0.1, -0.05) is 18.2 Å². The second-order valence-corrected chi connectivity index (χ2v) is 5.60. The first-order valence-corrected chi connectivity index (χ1v) is 7.52. The smallest absolute Gasteiger partial charge is 0.264 e. The van der Waals surface area contributed by atoms with Crippen LogP contribution >= 0.6 is 0 Å². The Morgan fingerprint density at radius 3 is 2.91 bits per heavy atom. The highest BCUT2D eigenvalue weighted by Crippen LogP contribution is 2.31. The van der Waals surface area contributed by atoms with Crippen molar-refractivity contribution in [2.75, 3.05) is 23.8 Å². The van der Waals surface area contributed by atoms with E-state index in [1.165, 1.54) is 0 Å². The maximum absolute atomic E-state index is 12.5. The Balaban J connectivity index is 1.73. The number of benzene rings is 2. The van der Waals surface area contributed by atoms with Crippen molar-refractivity contribution >= 4 is 17.3 Å². The van der Waals surface area contributed by atoms with E-state index in [1.807, 2.05) is 49.4 Å². The molecule has 0 aromatic heterocycles. The summed E-state index contributed by atoms with van der Waals surface area (Å²) in [5.74, 6) is 0.686. The minimum Gasteiger partial charge on any atom is -0.484 e. The lowest BCUT2D eigenvalue weighted by Crippen LogP contribution is -2.38. The molecule has 0 spiro atoms. The highest BCUT2D eigenvalue weighted by atomic mass is 16.5. The average molecular weight is 296 g/mol. The Labute approximate surface area is 130 Å². The highest BCUT2D eigenvalue weighted by Gasteiger charge is 2.23. The maximum Gasteiger partial charge on any atom is 0.264 e. The number of carbonyl (C=O) groups excluding carboxylic acids is 1. The van der Waals surface area contributed by atoms with Crippen LogP contribution in [0.4, 0.5) is 11.4 Å². The first-order chi connectivity index (χ1) is 10.6. The Kier molecular flexibility index (Phi) is 4.00. The minimum absolute atomic E-state index is 0.0342. The number of carbonyl (C=O) groups is 1. The van der Waals surface area contributed by atoms with E-state index in [9.17, 15) is 4.79 Å². The zero-order valence-corrected chi connectivity index (χ0v) is 12.7. The normalized spacial score (nSPS) is 13.6. The van der Waals surface area contributed by atoms with Gasteiger partial charge in [0.2, 0.25) is 0 Å². The summed E-state index contributed by atoms with van der Waals surface area (Å²) in [5, 5.41) is 0. The molecule has 0 atom stereocenters. The lowest BCUT2D eigenvalue weighted by molar-refractivity contribution is -0.120. The summed E-state index contributed by atoms with van der Waals surface area (Å²) in [4.78, 5) is 14.3.